The third-order valence-electron chi connectivity index (χ3n) is 8.42. The number of aryl methyl sites for hydroxylation is 3. The molecule has 0 saturated carbocycles. The van der Waals surface area contributed by atoms with Crippen LogP contribution in [0, 0.1) is 33.1 Å². The van der Waals surface area contributed by atoms with Crippen LogP contribution in [0.25, 0.3) is 10.9 Å². The number of benzene rings is 2. The van der Waals surface area contributed by atoms with Gasteiger partial charge < -0.3 is 24.3 Å². The first-order chi connectivity index (χ1) is 20.8. The number of nitrogens with zero attached hydrogens (tertiary/aromatic N) is 3. The van der Waals surface area contributed by atoms with Crippen molar-refractivity contribution in [1.29, 1.82) is 0 Å². The molecule has 9 nitrogen and oxygen atoms in total. The van der Waals surface area contributed by atoms with E-state index in [4.69, 9.17) is 9.47 Å². The molecule has 1 aliphatic heterocycles. The molecule has 1 fully saturated rings. The summed E-state index contributed by atoms with van der Waals surface area (Å²) in [6, 6.07) is 10.3. The predicted octanol–water partition coefficient (Wildman–Crippen LogP) is 5.52. The van der Waals surface area contributed by atoms with E-state index in [0.29, 0.717) is 44.8 Å². The van der Waals surface area contributed by atoms with Crippen molar-refractivity contribution in [3.05, 3.63) is 76.5 Å². The topological polar surface area (TPSA) is 93.1 Å². The van der Waals surface area contributed by atoms with Crippen LogP contribution in [-0.4, -0.2) is 71.7 Å². The number of hydrogen-bond acceptors (Lipinski definition) is 7. The summed E-state index contributed by atoms with van der Waals surface area (Å²) in [4.78, 5) is 41.8. The highest BCUT2D eigenvalue weighted by Gasteiger charge is 2.27. The van der Waals surface area contributed by atoms with Gasteiger partial charge in [-0.2, -0.15) is 0 Å². The highest BCUT2D eigenvalue weighted by atomic mass is 16.7. The lowest BCUT2D eigenvalue weighted by Gasteiger charge is -2.34. The first-order valence-electron chi connectivity index (χ1n) is 15.2. The number of fused-ring (bicyclic) bond motifs is 1. The van der Waals surface area contributed by atoms with Crippen LogP contribution in [0.3, 0.4) is 0 Å². The second-order valence-electron chi connectivity index (χ2n) is 12.6. The number of carbonyl (C=O) groups excluding carboxylic acids is 3. The van der Waals surface area contributed by atoms with Crippen molar-refractivity contribution in [2.45, 2.75) is 61.6 Å². The van der Waals surface area contributed by atoms with Crippen LogP contribution in [0.4, 0.5) is 5.69 Å². The van der Waals surface area contributed by atoms with Gasteiger partial charge in [0.25, 0.3) is 5.91 Å². The molecule has 1 aromatic heterocycles. The zero-order valence-corrected chi connectivity index (χ0v) is 27.2. The molecule has 2 heterocycles. The number of allylic oxidation sites excluding steroid dienone is 1. The van der Waals surface area contributed by atoms with Crippen molar-refractivity contribution in [2.24, 2.45) is 5.41 Å². The Labute approximate surface area is 260 Å². The molecule has 9 heteroatoms. The molecule has 2 aromatic carbocycles. The van der Waals surface area contributed by atoms with E-state index < -0.39 is 24.1 Å². The standard InChI is InChI=1S/C35H46N4O5/c1-9-13-39-26(5)25(4)28-18-27(19-30(32(28)39)36-20-29-23(2)11-10-12-24(29)3)33(41)38-16-14-37(15-17-38)21-31(40)43-22-44-34(42)35(6,7)8/h9-12,18-19,36H,1,13-17,20-22H2,2-8H3. The number of ether oxygens (including phenoxy) is 2. The molecular formula is C35H46N4O5. The van der Waals surface area contributed by atoms with Crippen LogP contribution in [-0.2, 0) is 32.2 Å². The fourth-order valence-electron chi connectivity index (χ4n) is 5.59. The largest absolute Gasteiger partial charge is 0.427 e. The average Bonchev–Trinajstić information content (AvgIpc) is 3.21. The van der Waals surface area contributed by atoms with Crippen LogP contribution in [0.15, 0.2) is 43.0 Å². The van der Waals surface area contributed by atoms with Gasteiger partial charge in [-0.25, -0.2) is 0 Å². The molecule has 1 aliphatic rings. The molecule has 0 aliphatic carbocycles. The maximum Gasteiger partial charge on any atom is 0.323 e. The first kappa shape index (κ1) is 32.8. The number of nitrogens with one attached hydrogen (secondary N) is 1. The lowest BCUT2D eigenvalue weighted by molar-refractivity contribution is -0.173. The van der Waals surface area contributed by atoms with Gasteiger partial charge >= 0.3 is 11.9 Å². The van der Waals surface area contributed by atoms with Crippen LogP contribution in [0.2, 0.25) is 0 Å². The van der Waals surface area contributed by atoms with Crippen LogP contribution >= 0.6 is 0 Å². The second-order valence-corrected chi connectivity index (χ2v) is 12.6. The minimum Gasteiger partial charge on any atom is -0.427 e. The Morgan fingerprint density at radius 2 is 1.64 bits per heavy atom. The maximum absolute atomic E-state index is 13.8. The van der Waals surface area contributed by atoms with Crippen molar-refractivity contribution >= 4 is 34.4 Å². The van der Waals surface area contributed by atoms with Crippen LogP contribution in [0.1, 0.15) is 59.1 Å². The number of esters is 2. The molecule has 44 heavy (non-hydrogen) atoms. The quantitative estimate of drug-likeness (QED) is 0.186. The third-order valence-corrected chi connectivity index (χ3v) is 8.42. The molecule has 3 aromatic rings. The average molecular weight is 603 g/mol. The predicted molar refractivity (Wildman–Crippen MR) is 174 cm³/mol. The van der Waals surface area contributed by atoms with E-state index >= 15 is 0 Å². The van der Waals surface area contributed by atoms with E-state index in [2.05, 4.69) is 62.4 Å². The Kier molecular flexibility index (Phi) is 10.2. The van der Waals surface area contributed by atoms with E-state index in [1.165, 1.54) is 16.7 Å². The Morgan fingerprint density at radius 1 is 0.977 bits per heavy atom. The molecule has 0 unspecified atom stereocenters. The minimum absolute atomic E-state index is 0.0353. The van der Waals surface area contributed by atoms with Gasteiger partial charge in [0.15, 0.2) is 0 Å². The van der Waals surface area contributed by atoms with Gasteiger partial charge in [-0.3, -0.25) is 19.3 Å². The van der Waals surface area contributed by atoms with Gasteiger partial charge in [0, 0.05) is 55.9 Å². The summed E-state index contributed by atoms with van der Waals surface area (Å²) >= 11 is 0. The first-order valence-corrected chi connectivity index (χ1v) is 15.2. The van der Waals surface area contributed by atoms with Gasteiger partial charge in [0.2, 0.25) is 6.79 Å². The van der Waals surface area contributed by atoms with Gasteiger partial charge in [0.05, 0.1) is 23.2 Å². The monoisotopic (exact) mass is 602 g/mol. The number of rotatable bonds is 10. The van der Waals surface area contributed by atoms with Gasteiger partial charge in [-0.05, 0) is 82.9 Å². The number of piperazine rings is 1. The normalized spacial score (nSPS) is 14.0. The van der Waals surface area contributed by atoms with Crippen molar-refractivity contribution < 1.29 is 23.9 Å². The van der Waals surface area contributed by atoms with Gasteiger partial charge in [-0.15, -0.1) is 6.58 Å². The Morgan fingerprint density at radius 3 is 2.25 bits per heavy atom. The number of aromatic nitrogens is 1. The minimum atomic E-state index is -0.663. The van der Waals surface area contributed by atoms with E-state index in [9.17, 15) is 14.4 Å². The summed E-state index contributed by atoms with van der Waals surface area (Å²) in [5.74, 6) is -0.930. The SMILES string of the molecule is C=CCn1c(C)c(C)c2cc(C(=O)N3CCN(CC(=O)OCOC(=O)C(C)(C)C)CC3)cc(NCc3c(C)cccc3C)c21. The number of amides is 1. The smallest absolute Gasteiger partial charge is 0.323 e. The van der Waals surface area contributed by atoms with E-state index in [0.717, 1.165) is 27.8 Å². The van der Waals surface area contributed by atoms with Gasteiger partial charge in [0.1, 0.15) is 0 Å². The lowest BCUT2D eigenvalue weighted by atomic mass is 9.98. The molecule has 0 bridgehead atoms. The van der Waals surface area contributed by atoms with Gasteiger partial charge in [-0.1, -0.05) is 24.3 Å². The lowest BCUT2D eigenvalue weighted by Crippen LogP contribution is -2.50. The third kappa shape index (κ3) is 7.33. The molecule has 4 rings (SSSR count). The van der Waals surface area contributed by atoms with Crippen molar-refractivity contribution in [2.75, 3.05) is 44.8 Å². The molecular weight excluding hydrogens is 556 g/mol. The van der Waals surface area contributed by atoms with Crippen molar-refractivity contribution in [3.8, 4) is 0 Å². The highest BCUT2D eigenvalue weighted by molar-refractivity contribution is 6.04. The second kappa shape index (κ2) is 13.7. The summed E-state index contributed by atoms with van der Waals surface area (Å²) in [6.45, 7) is 20.7. The number of carbonyl (C=O) groups is 3. The Balaban J connectivity index is 1.48. The molecule has 1 N–H and O–H groups in total. The zero-order chi connectivity index (χ0) is 32.2. The summed E-state index contributed by atoms with van der Waals surface area (Å²) in [5.41, 5.74) is 7.94. The molecule has 236 valence electrons. The summed E-state index contributed by atoms with van der Waals surface area (Å²) < 4.78 is 12.4. The molecule has 1 amide bonds. The van der Waals surface area contributed by atoms with E-state index in [1.807, 2.05) is 28.0 Å². The number of hydrogen-bond donors (Lipinski definition) is 1. The van der Waals surface area contributed by atoms with Crippen LogP contribution < -0.4 is 5.32 Å². The fraction of sp³-hybridized carbons (Fsp3) is 0.457. The van der Waals surface area contributed by atoms with E-state index in [1.54, 1.807) is 20.8 Å². The summed E-state index contributed by atoms with van der Waals surface area (Å²) in [6.07, 6.45) is 1.90. The molecule has 0 radical (unpaired) electrons. The summed E-state index contributed by atoms with van der Waals surface area (Å²) in [5, 5.41) is 4.72. The fourth-order valence-corrected chi connectivity index (χ4v) is 5.59. The van der Waals surface area contributed by atoms with E-state index in [-0.39, 0.29) is 12.5 Å². The maximum atomic E-state index is 13.8. The molecule has 0 spiro atoms. The summed E-state index contributed by atoms with van der Waals surface area (Å²) in [7, 11) is 0. The Hall–Kier alpha value is -4.11. The van der Waals surface area contributed by atoms with Crippen LogP contribution in [0.5, 0.6) is 0 Å². The highest BCUT2D eigenvalue weighted by Crippen LogP contribution is 2.34. The van der Waals surface area contributed by atoms with Crippen molar-refractivity contribution in [3.63, 3.8) is 0 Å². The molecule has 1 saturated heterocycles. The Bertz CT molecular complexity index is 1540. The zero-order valence-electron chi connectivity index (χ0n) is 27.2. The van der Waals surface area contributed by atoms with Crippen molar-refractivity contribution in [1.82, 2.24) is 14.4 Å². The number of anilines is 1. The molecule has 0 atom stereocenters.